The van der Waals surface area contributed by atoms with E-state index in [1.165, 1.54) is 23.7 Å². The van der Waals surface area contributed by atoms with Gasteiger partial charge in [0.25, 0.3) is 0 Å². The Morgan fingerprint density at radius 1 is 0.963 bits per heavy atom. The van der Waals surface area contributed by atoms with Crippen molar-refractivity contribution in [2.45, 2.75) is 57.6 Å². The molecule has 0 unspecified atom stereocenters. The van der Waals surface area contributed by atoms with Crippen LogP contribution in [0.3, 0.4) is 0 Å². The number of hydrogen-bond donors (Lipinski definition) is 2. The summed E-state index contributed by atoms with van der Waals surface area (Å²) >= 11 is 1.53. The number of benzene rings is 2. The molecular weight excluding hydrogens is 355 g/mol. The van der Waals surface area contributed by atoms with Crippen LogP contribution in [-0.4, -0.2) is 24.5 Å². The van der Waals surface area contributed by atoms with E-state index in [0.29, 0.717) is 0 Å². The molecule has 1 saturated heterocycles. The normalized spacial score (nSPS) is 17.8. The topological polar surface area (TPSA) is 54.3 Å². The fourth-order valence-electron chi connectivity index (χ4n) is 2.98. The highest BCUT2D eigenvalue weighted by molar-refractivity contribution is 8.00. The highest BCUT2D eigenvalue weighted by atomic mass is 32.2. The maximum absolute atomic E-state index is 8.01. The highest BCUT2D eigenvalue weighted by Crippen LogP contribution is 2.37. The molecule has 2 aromatic carbocycles. The number of hydrogen-bond acceptors (Lipinski definition) is 5. The summed E-state index contributed by atoms with van der Waals surface area (Å²) in [6.45, 7) is 12.3. The van der Waals surface area contributed by atoms with Crippen molar-refractivity contribution in [2.24, 2.45) is 0 Å². The van der Waals surface area contributed by atoms with Crippen LogP contribution in [0, 0.1) is 19.3 Å². The molecular formula is C21H27BN2O2S. The van der Waals surface area contributed by atoms with Crippen LogP contribution in [0.4, 0.5) is 5.69 Å². The summed E-state index contributed by atoms with van der Waals surface area (Å²) in [6.07, 6.45) is 1.38. The lowest BCUT2D eigenvalue weighted by Crippen LogP contribution is -2.41. The van der Waals surface area contributed by atoms with Crippen molar-refractivity contribution in [3.05, 3.63) is 53.1 Å². The van der Waals surface area contributed by atoms with E-state index in [0.717, 1.165) is 27.2 Å². The van der Waals surface area contributed by atoms with Gasteiger partial charge in [0.1, 0.15) is 0 Å². The van der Waals surface area contributed by atoms with Gasteiger partial charge >= 0.3 is 7.12 Å². The Morgan fingerprint density at radius 3 is 2.11 bits per heavy atom. The first-order valence-electron chi connectivity index (χ1n) is 9.14. The monoisotopic (exact) mass is 382 g/mol. The van der Waals surface area contributed by atoms with E-state index in [1.54, 1.807) is 0 Å². The molecule has 4 nitrogen and oxygen atoms in total. The summed E-state index contributed by atoms with van der Waals surface area (Å²) in [5.41, 5.74) is 4.06. The zero-order chi connectivity index (χ0) is 19.8. The molecule has 27 heavy (non-hydrogen) atoms. The van der Waals surface area contributed by atoms with Crippen LogP contribution in [0.5, 0.6) is 0 Å². The Bertz CT molecular complexity index is 834. The van der Waals surface area contributed by atoms with Crippen molar-refractivity contribution in [1.29, 1.82) is 5.41 Å². The third-order valence-electron chi connectivity index (χ3n) is 5.44. The third kappa shape index (κ3) is 3.93. The predicted octanol–water partition coefficient (Wildman–Crippen LogP) is 4.72. The fraction of sp³-hybridized carbons (Fsp3) is 0.381. The minimum Gasteiger partial charge on any atom is -0.399 e. The van der Waals surface area contributed by atoms with E-state index in [1.807, 2.05) is 46.8 Å². The predicted molar refractivity (Wildman–Crippen MR) is 115 cm³/mol. The molecule has 1 aliphatic rings. The molecule has 0 radical (unpaired) electrons. The molecule has 0 aromatic heterocycles. The summed E-state index contributed by atoms with van der Waals surface area (Å²) in [4.78, 5) is 1.12. The fourth-order valence-corrected chi connectivity index (χ4v) is 3.66. The van der Waals surface area contributed by atoms with Gasteiger partial charge in [-0.3, -0.25) is 0 Å². The lowest BCUT2D eigenvalue weighted by molar-refractivity contribution is 0.00578. The van der Waals surface area contributed by atoms with Gasteiger partial charge in [0, 0.05) is 16.7 Å². The molecule has 0 spiro atoms. The first-order valence-corrected chi connectivity index (χ1v) is 9.95. The van der Waals surface area contributed by atoms with Crippen molar-refractivity contribution in [2.75, 3.05) is 4.72 Å². The molecule has 0 bridgehead atoms. The van der Waals surface area contributed by atoms with Crippen LogP contribution in [0.1, 0.15) is 44.4 Å². The molecule has 1 heterocycles. The summed E-state index contributed by atoms with van der Waals surface area (Å²) in [5, 5.41) is 8.01. The first-order chi connectivity index (χ1) is 12.6. The van der Waals surface area contributed by atoms with Crippen LogP contribution in [0.25, 0.3) is 0 Å². The average Bonchev–Trinajstić information content (AvgIpc) is 2.82. The Labute approximate surface area is 166 Å². The van der Waals surface area contributed by atoms with E-state index < -0.39 is 18.3 Å². The summed E-state index contributed by atoms with van der Waals surface area (Å²) in [5.74, 6) is 0. The molecule has 1 fully saturated rings. The van der Waals surface area contributed by atoms with Crippen LogP contribution < -0.4 is 10.2 Å². The highest BCUT2D eigenvalue weighted by Gasteiger charge is 2.52. The van der Waals surface area contributed by atoms with Crippen LogP contribution in [0.2, 0.25) is 0 Å². The lowest BCUT2D eigenvalue weighted by Gasteiger charge is -2.32. The average molecular weight is 382 g/mol. The van der Waals surface area contributed by atoms with E-state index in [2.05, 4.69) is 35.9 Å². The van der Waals surface area contributed by atoms with Crippen LogP contribution >= 0.6 is 11.9 Å². The number of rotatable bonds is 5. The summed E-state index contributed by atoms with van der Waals surface area (Å²) < 4.78 is 15.9. The maximum Gasteiger partial charge on any atom is 0.495 e. The first kappa shape index (κ1) is 20.0. The van der Waals surface area contributed by atoms with Gasteiger partial charge in [-0.1, -0.05) is 29.3 Å². The second kappa shape index (κ2) is 7.34. The molecule has 142 valence electrons. The van der Waals surface area contributed by atoms with Crippen molar-refractivity contribution in [3.8, 4) is 0 Å². The minimum absolute atomic E-state index is 0.413. The second-order valence-corrected chi connectivity index (χ2v) is 8.89. The summed E-state index contributed by atoms with van der Waals surface area (Å²) in [7, 11) is -0.488. The quantitative estimate of drug-likeness (QED) is 0.446. The minimum atomic E-state index is -0.488. The van der Waals surface area contributed by atoms with Gasteiger partial charge in [-0.2, -0.15) is 0 Å². The van der Waals surface area contributed by atoms with Gasteiger partial charge in [-0.25, -0.2) is 0 Å². The van der Waals surface area contributed by atoms with Crippen molar-refractivity contribution >= 4 is 36.4 Å². The van der Waals surface area contributed by atoms with Gasteiger partial charge < -0.3 is 19.4 Å². The molecule has 2 aromatic rings. The molecule has 0 saturated carbocycles. The smallest absolute Gasteiger partial charge is 0.399 e. The van der Waals surface area contributed by atoms with Crippen LogP contribution in [0.15, 0.2) is 41.3 Å². The molecule has 0 atom stereocenters. The Balaban J connectivity index is 1.90. The maximum atomic E-state index is 8.01. The Morgan fingerprint density at radius 2 is 1.56 bits per heavy atom. The van der Waals surface area contributed by atoms with Gasteiger partial charge in [0.2, 0.25) is 0 Å². The zero-order valence-electron chi connectivity index (χ0n) is 16.8. The largest absolute Gasteiger partial charge is 0.495 e. The van der Waals surface area contributed by atoms with E-state index in [4.69, 9.17) is 14.7 Å². The Kier molecular flexibility index (Phi) is 5.44. The van der Waals surface area contributed by atoms with Gasteiger partial charge in [0.05, 0.1) is 16.9 Å². The van der Waals surface area contributed by atoms with E-state index in [9.17, 15) is 0 Å². The molecule has 1 aliphatic heterocycles. The molecule has 0 aliphatic carbocycles. The van der Waals surface area contributed by atoms with Gasteiger partial charge in [0.15, 0.2) is 0 Å². The number of aryl methyl sites for hydroxylation is 2. The lowest BCUT2D eigenvalue weighted by atomic mass is 9.73. The summed E-state index contributed by atoms with van der Waals surface area (Å²) in [6, 6.07) is 12.4. The van der Waals surface area contributed by atoms with Gasteiger partial charge in [-0.15, -0.1) is 0 Å². The number of anilines is 1. The van der Waals surface area contributed by atoms with Crippen LogP contribution in [-0.2, 0) is 9.31 Å². The van der Waals surface area contributed by atoms with Crippen molar-refractivity contribution in [1.82, 2.24) is 0 Å². The Hall–Kier alpha value is -1.76. The standard InChI is InChI=1S/C21H27BN2O2S/c1-14-7-10-16(11-8-14)27-24-18-12-9-15(2)19(17(18)13-23)22-25-20(3,4)21(5,6)26-22/h7-13,23-24H,1-6H3. The van der Waals surface area contributed by atoms with Crippen molar-refractivity contribution in [3.63, 3.8) is 0 Å². The third-order valence-corrected chi connectivity index (χ3v) is 6.27. The van der Waals surface area contributed by atoms with E-state index >= 15 is 0 Å². The molecule has 2 N–H and O–H groups in total. The second-order valence-electron chi connectivity index (χ2n) is 8.01. The number of nitrogens with one attached hydrogen (secondary N) is 2. The zero-order valence-corrected chi connectivity index (χ0v) is 17.7. The molecule has 0 amide bonds. The molecule has 3 rings (SSSR count). The SMILES string of the molecule is Cc1ccc(SNc2ccc(C)c(B3OC(C)(C)C(C)(C)O3)c2C=N)cc1. The molecule has 6 heteroatoms. The van der Waals surface area contributed by atoms with Crippen molar-refractivity contribution < 1.29 is 9.31 Å². The van der Waals surface area contributed by atoms with E-state index in [-0.39, 0.29) is 0 Å². The van der Waals surface area contributed by atoms with Gasteiger partial charge in [-0.05, 0) is 77.2 Å².